The van der Waals surface area contributed by atoms with Crippen LogP contribution in [0.3, 0.4) is 0 Å². The number of halogens is 2. The van der Waals surface area contributed by atoms with Gasteiger partial charge in [0.15, 0.2) is 0 Å². The fourth-order valence-corrected chi connectivity index (χ4v) is 1.40. The van der Waals surface area contributed by atoms with Crippen LogP contribution in [-0.2, 0) is 6.42 Å². The van der Waals surface area contributed by atoms with E-state index in [1.165, 1.54) is 6.07 Å². The summed E-state index contributed by atoms with van der Waals surface area (Å²) in [5, 5.41) is 16.8. The lowest BCUT2D eigenvalue weighted by molar-refractivity contribution is 0.271. The largest absolute Gasteiger partial charge is 0.382 e. The van der Waals surface area contributed by atoms with Crippen LogP contribution in [-0.4, -0.2) is 10.1 Å². The van der Waals surface area contributed by atoms with E-state index in [0.29, 0.717) is 5.56 Å². The molecule has 0 spiro atoms. The van der Waals surface area contributed by atoms with E-state index >= 15 is 0 Å². The van der Waals surface area contributed by atoms with Gasteiger partial charge in [0, 0.05) is 6.42 Å². The van der Waals surface area contributed by atoms with Gasteiger partial charge in [0.25, 0.3) is 0 Å². The first kappa shape index (κ1) is 10.2. The molecule has 0 radical (unpaired) electrons. The average molecular weight is 244 g/mol. The quantitative estimate of drug-likeness (QED) is 0.808. The minimum absolute atomic E-state index is 0.267. The van der Waals surface area contributed by atoms with Gasteiger partial charge in [0.2, 0.25) is 0 Å². The third-order valence-corrected chi connectivity index (χ3v) is 1.81. The van der Waals surface area contributed by atoms with E-state index < -0.39 is 10.8 Å². The van der Waals surface area contributed by atoms with Gasteiger partial charge in [-0.25, -0.2) is 4.39 Å². The molecule has 1 aromatic carbocycles. The molecule has 0 heterocycles. The Hall–Kier alpha value is -0.920. The van der Waals surface area contributed by atoms with Crippen LogP contribution in [0.25, 0.3) is 0 Å². The third kappa shape index (κ3) is 3.13. The minimum atomic E-state index is -0.708. The number of alkyl halides is 1. The van der Waals surface area contributed by atoms with Gasteiger partial charge in [-0.15, -0.1) is 0 Å². The molecule has 0 saturated heterocycles. The molecule has 0 amide bonds. The maximum Gasteiger partial charge on any atom is 0.124 e. The summed E-state index contributed by atoms with van der Waals surface area (Å²) in [6.07, 6.45) is 0.284. The van der Waals surface area contributed by atoms with Crippen LogP contribution in [0.15, 0.2) is 18.2 Å². The molecule has 13 heavy (non-hydrogen) atoms. The Labute approximate surface area is 83.7 Å². The smallest absolute Gasteiger partial charge is 0.124 e. The van der Waals surface area contributed by atoms with Gasteiger partial charge in [-0.1, -0.05) is 15.9 Å². The number of rotatable bonds is 2. The Bertz CT molecular complexity index is 346. The number of aliphatic hydroxyl groups excluding tert-OH is 1. The van der Waals surface area contributed by atoms with E-state index in [1.807, 2.05) is 6.07 Å². The number of hydrogen-bond donors (Lipinski definition) is 1. The number of hydrogen-bond acceptors (Lipinski definition) is 2. The summed E-state index contributed by atoms with van der Waals surface area (Å²) in [5.41, 5.74) is 0.865. The molecule has 0 aliphatic rings. The predicted molar refractivity (Wildman–Crippen MR) is 49.8 cm³/mol. The SMILES string of the molecule is N#Cc1cc(F)cc(CC(O)Br)c1. The number of nitriles is 1. The Kier molecular flexibility index (Phi) is 3.40. The topological polar surface area (TPSA) is 44.0 Å². The molecule has 4 heteroatoms. The second-order valence-corrected chi connectivity index (χ2v) is 3.66. The first-order valence-corrected chi connectivity index (χ1v) is 4.55. The maximum absolute atomic E-state index is 12.8. The lowest BCUT2D eigenvalue weighted by atomic mass is 10.1. The second-order valence-electron chi connectivity index (χ2n) is 2.60. The van der Waals surface area contributed by atoms with Gasteiger partial charge < -0.3 is 5.11 Å². The molecule has 0 bridgehead atoms. The Morgan fingerprint density at radius 1 is 1.54 bits per heavy atom. The van der Waals surface area contributed by atoms with Crippen molar-refractivity contribution < 1.29 is 9.50 Å². The lowest BCUT2D eigenvalue weighted by Gasteiger charge is -2.03. The molecule has 0 aliphatic heterocycles. The highest BCUT2D eigenvalue weighted by Gasteiger charge is 2.04. The van der Waals surface area contributed by atoms with Crippen molar-refractivity contribution in [1.29, 1.82) is 5.26 Å². The van der Waals surface area contributed by atoms with Crippen LogP contribution in [0.2, 0.25) is 0 Å². The van der Waals surface area contributed by atoms with Crippen LogP contribution < -0.4 is 0 Å². The molecule has 1 aromatic rings. The molecule has 0 aromatic heterocycles. The zero-order valence-electron chi connectivity index (χ0n) is 6.67. The van der Waals surface area contributed by atoms with Crippen molar-refractivity contribution in [2.45, 2.75) is 11.4 Å². The van der Waals surface area contributed by atoms with Crippen LogP contribution >= 0.6 is 15.9 Å². The summed E-state index contributed by atoms with van der Waals surface area (Å²) >= 11 is 2.93. The third-order valence-electron chi connectivity index (χ3n) is 1.49. The van der Waals surface area contributed by atoms with Crippen LogP contribution in [0, 0.1) is 17.1 Å². The number of aliphatic hydroxyl groups is 1. The zero-order chi connectivity index (χ0) is 9.84. The summed E-state index contributed by atoms with van der Waals surface area (Å²) in [6.45, 7) is 0. The molecule has 1 rings (SSSR count). The van der Waals surface area contributed by atoms with Crippen molar-refractivity contribution in [3.8, 4) is 6.07 Å². The average Bonchev–Trinajstić information content (AvgIpc) is 2.01. The van der Waals surface area contributed by atoms with Gasteiger partial charge in [-0.05, 0) is 23.8 Å². The molecule has 2 nitrogen and oxygen atoms in total. The van der Waals surface area contributed by atoms with E-state index in [1.54, 1.807) is 6.07 Å². The molecule has 1 atom stereocenters. The van der Waals surface area contributed by atoms with Gasteiger partial charge in [-0.3, -0.25) is 0 Å². The van der Waals surface area contributed by atoms with Gasteiger partial charge in [0.05, 0.1) is 11.6 Å². The highest BCUT2D eigenvalue weighted by atomic mass is 79.9. The van der Waals surface area contributed by atoms with E-state index in [9.17, 15) is 4.39 Å². The van der Waals surface area contributed by atoms with Crippen molar-refractivity contribution in [3.63, 3.8) is 0 Å². The standard InChI is InChI=1S/C9H7BrFNO/c10-9(13)4-6-1-7(5-12)3-8(11)2-6/h1-3,9,13H,4H2. The summed E-state index contributed by atoms with van der Waals surface area (Å²) < 4.78 is 12.8. The van der Waals surface area contributed by atoms with Crippen LogP contribution in [0.1, 0.15) is 11.1 Å². The van der Waals surface area contributed by atoms with Gasteiger partial charge in [-0.2, -0.15) is 5.26 Å². The molecule has 0 saturated carbocycles. The molecular formula is C9H7BrFNO. The Morgan fingerprint density at radius 3 is 2.77 bits per heavy atom. The second kappa shape index (κ2) is 4.35. The lowest BCUT2D eigenvalue weighted by Crippen LogP contribution is -2.01. The van der Waals surface area contributed by atoms with Crippen molar-refractivity contribution in [2.75, 3.05) is 0 Å². The van der Waals surface area contributed by atoms with E-state index in [4.69, 9.17) is 10.4 Å². The van der Waals surface area contributed by atoms with Gasteiger partial charge in [0.1, 0.15) is 10.8 Å². The van der Waals surface area contributed by atoms with Crippen molar-refractivity contribution in [1.82, 2.24) is 0 Å². The summed E-state index contributed by atoms with van der Waals surface area (Å²) in [7, 11) is 0. The summed E-state index contributed by atoms with van der Waals surface area (Å²) in [6, 6.07) is 5.85. The molecule has 68 valence electrons. The highest BCUT2D eigenvalue weighted by Crippen LogP contribution is 2.12. The van der Waals surface area contributed by atoms with Crippen molar-refractivity contribution >= 4 is 15.9 Å². The van der Waals surface area contributed by atoms with E-state index in [-0.39, 0.29) is 12.0 Å². The molecule has 1 N–H and O–H groups in total. The molecule has 1 unspecified atom stereocenters. The van der Waals surface area contributed by atoms with Crippen LogP contribution in [0.5, 0.6) is 0 Å². The first-order chi connectivity index (χ1) is 6.11. The monoisotopic (exact) mass is 243 g/mol. The molecule has 0 aliphatic carbocycles. The van der Waals surface area contributed by atoms with Gasteiger partial charge >= 0.3 is 0 Å². The first-order valence-electron chi connectivity index (χ1n) is 3.63. The highest BCUT2D eigenvalue weighted by molar-refractivity contribution is 9.09. The fraction of sp³-hybridized carbons (Fsp3) is 0.222. The van der Waals surface area contributed by atoms with Crippen molar-refractivity contribution in [3.05, 3.63) is 35.1 Å². The molecular weight excluding hydrogens is 237 g/mol. The van der Waals surface area contributed by atoms with Crippen LogP contribution in [0.4, 0.5) is 4.39 Å². The Morgan fingerprint density at radius 2 is 2.23 bits per heavy atom. The number of benzene rings is 1. The van der Waals surface area contributed by atoms with E-state index in [0.717, 1.165) is 6.07 Å². The normalized spacial score (nSPS) is 12.2. The van der Waals surface area contributed by atoms with Crippen molar-refractivity contribution in [2.24, 2.45) is 0 Å². The maximum atomic E-state index is 12.8. The molecule has 0 fully saturated rings. The number of nitrogens with zero attached hydrogens (tertiary/aromatic N) is 1. The fourth-order valence-electron chi connectivity index (χ4n) is 1.03. The summed E-state index contributed by atoms with van der Waals surface area (Å²) in [4.78, 5) is 0. The Balaban J connectivity index is 2.96. The summed E-state index contributed by atoms with van der Waals surface area (Å²) in [5.74, 6) is -0.456. The van der Waals surface area contributed by atoms with E-state index in [2.05, 4.69) is 15.9 Å². The minimum Gasteiger partial charge on any atom is -0.382 e. The predicted octanol–water partition coefficient (Wildman–Crippen LogP) is 1.95. The zero-order valence-corrected chi connectivity index (χ0v) is 8.25.